The van der Waals surface area contributed by atoms with Crippen LogP contribution in [0.5, 0.6) is 0 Å². The van der Waals surface area contributed by atoms with Crippen molar-refractivity contribution in [2.75, 3.05) is 0 Å². The molecule has 1 amide bonds. The Bertz CT molecular complexity index is 432. The van der Waals surface area contributed by atoms with Gasteiger partial charge < -0.3 is 16.3 Å². The highest BCUT2D eigenvalue weighted by molar-refractivity contribution is 6.02. The van der Waals surface area contributed by atoms with Crippen LogP contribution in [0.2, 0.25) is 0 Å². The van der Waals surface area contributed by atoms with E-state index >= 15 is 0 Å². The van der Waals surface area contributed by atoms with Crippen molar-refractivity contribution in [1.82, 2.24) is 5.32 Å². The van der Waals surface area contributed by atoms with E-state index in [2.05, 4.69) is 10.5 Å². The lowest BCUT2D eigenvalue weighted by Crippen LogP contribution is -2.43. The van der Waals surface area contributed by atoms with E-state index in [-0.39, 0.29) is 17.8 Å². The second-order valence-corrected chi connectivity index (χ2v) is 4.59. The Hall–Kier alpha value is -2.04. The van der Waals surface area contributed by atoms with E-state index in [0.29, 0.717) is 6.42 Å². The quantitative estimate of drug-likeness (QED) is 0.314. The lowest BCUT2D eigenvalue weighted by atomic mass is 9.97. The fraction of sp³-hybridized carbons (Fsp3) is 0.429. The van der Waals surface area contributed by atoms with Crippen molar-refractivity contribution in [2.24, 2.45) is 16.8 Å². The summed E-state index contributed by atoms with van der Waals surface area (Å²) in [5.41, 5.74) is 6.59. The molecule has 0 heterocycles. The van der Waals surface area contributed by atoms with Crippen LogP contribution < -0.4 is 11.1 Å². The summed E-state index contributed by atoms with van der Waals surface area (Å²) in [5, 5.41) is 14.6. The number of amides is 1. The Morgan fingerprint density at radius 2 is 2.05 bits per heavy atom. The molecule has 0 aliphatic carbocycles. The third kappa shape index (κ3) is 4.62. The van der Waals surface area contributed by atoms with Crippen LogP contribution in [0.4, 0.5) is 0 Å². The smallest absolute Gasteiger partial charge is 0.231 e. The van der Waals surface area contributed by atoms with Gasteiger partial charge in [-0.05, 0) is 25.3 Å². The average molecular weight is 263 g/mol. The minimum Gasteiger partial charge on any atom is -0.409 e. The zero-order valence-electron chi connectivity index (χ0n) is 11.3. The zero-order valence-corrected chi connectivity index (χ0v) is 11.3. The molecular formula is C14H21N3O2. The molecule has 5 nitrogen and oxygen atoms in total. The fourth-order valence-corrected chi connectivity index (χ4v) is 1.70. The van der Waals surface area contributed by atoms with Crippen molar-refractivity contribution in [3.8, 4) is 0 Å². The molecule has 0 aromatic heterocycles. The highest BCUT2D eigenvalue weighted by Gasteiger charge is 2.24. The fourth-order valence-electron chi connectivity index (χ4n) is 1.70. The Kier molecular flexibility index (Phi) is 5.85. The number of benzene rings is 1. The van der Waals surface area contributed by atoms with Gasteiger partial charge in [-0.2, -0.15) is 0 Å². The number of carbonyl (C=O) groups is 1. The summed E-state index contributed by atoms with van der Waals surface area (Å²) < 4.78 is 0. The molecule has 0 bridgehead atoms. The number of oxime groups is 1. The third-order valence-electron chi connectivity index (χ3n) is 3.07. The Balaban J connectivity index is 2.81. The van der Waals surface area contributed by atoms with Crippen molar-refractivity contribution in [1.29, 1.82) is 0 Å². The van der Waals surface area contributed by atoms with Gasteiger partial charge in [-0.15, -0.1) is 0 Å². The van der Waals surface area contributed by atoms with Gasteiger partial charge in [0.15, 0.2) is 5.84 Å². The minimum absolute atomic E-state index is 0.0651. The van der Waals surface area contributed by atoms with Crippen molar-refractivity contribution < 1.29 is 10.0 Å². The summed E-state index contributed by atoms with van der Waals surface area (Å²) >= 11 is 0. The van der Waals surface area contributed by atoms with Gasteiger partial charge in [0, 0.05) is 6.04 Å². The van der Waals surface area contributed by atoms with Crippen LogP contribution in [0.15, 0.2) is 35.5 Å². The predicted molar refractivity (Wildman–Crippen MR) is 74.9 cm³/mol. The van der Waals surface area contributed by atoms with Gasteiger partial charge in [0.1, 0.15) is 5.92 Å². The van der Waals surface area contributed by atoms with Crippen molar-refractivity contribution in [2.45, 2.75) is 32.7 Å². The molecule has 0 aliphatic rings. The third-order valence-corrected chi connectivity index (χ3v) is 3.07. The molecule has 0 spiro atoms. The van der Waals surface area contributed by atoms with E-state index in [0.717, 1.165) is 12.0 Å². The van der Waals surface area contributed by atoms with Gasteiger partial charge in [0.2, 0.25) is 5.91 Å². The molecule has 4 N–H and O–H groups in total. The molecular weight excluding hydrogens is 242 g/mol. The van der Waals surface area contributed by atoms with Crippen molar-refractivity contribution in [3.63, 3.8) is 0 Å². The van der Waals surface area contributed by atoms with Crippen LogP contribution in [-0.4, -0.2) is 23.0 Å². The highest BCUT2D eigenvalue weighted by atomic mass is 16.4. The molecule has 2 unspecified atom stereocenters. The maximum atomic E-state index is 12.1. The summed E-state index contributed by atoms with van der Waals surface area (Å²) in [6.45, 7) is 3.91. The topological polar surface area (TPSA) is 87.7 Å². The first-order valence-electron chi connectivity index (χ1n) is 6.40. The van der Waals surface area contributed by atoms with E-state index < -0.39 is 5.92 Å². The molecule has 5 heteroatoms. The number of amidine groups is 1. The van der Waals surface area contributed by atoms with Crippen LogP contribution in [0, 0.1) is 5.92 Å². The molecule has 0 fully saturated rings. The molecule has 1 rings (SSSR count). The van der Waals surface area contributed by atoms with E-state index in [1.165, 1.54) is 0 Å². The molecule has 2 atom stereocenters. The summed E-state index contributed by atoms with van der Waals surface area (Å²) in [6.07, 6.45) is 1.25. The van der Waals surface area contributed by atoms with E-state index in [1.807, 2.05) is 44.2 Å². The monoisotopic (exact) mass is 263 g/mol. The van der Waals surface area contributed by atoms with Crippen LogP contribution in [0.3, 0.4) is 0 Å². The number of nitrogens with two attached hydrogens (primary N) is 1. The number of carbonyl (C=O) groups excluding carboxylic acids is 1. The van der Waals surface area contributed by atoms with E-state index in [4.69, 9.17) is 10.9 Å². The molecule has 0 aliphatic heterocycles. The van der Waals surface area contributed by atoms with Crippen LogP contribution in [0.25, 0.3) is 0 Å². The summed E-state index contributed by atoms with van der Waals surface area (Å²) in [5.74, 6) is -0.931. The van der Waals surface area contributed by atoms with Gasteiger partial charge in [-0.25, -0.2) is 0 Å². The molecule has 0 saturated carbocycles. The second kappa shape index (κ2) is 7.41. The predicted octanol–water partition coefficient (Wildman–Crippen LogP) is 1.51. The van der Waals surface area contributed by atoms with Gasteiger partial charge in [-0.1, -0.05) is 42.4 Å². The Labute approximate surface area is 113 Å². The lowest BCUT2D eigenvalue weighted by molar-refractivity contribution is -0.123. The van der Waals surface area contributed by atoms with Crippen LogP contribution in [-0.2, 0) is 11.2 Å². The van der Waals surface area contributed by atoms with Crippen molar-refractivity contribution >= 4 is 11.7 Å². The summed E-state index contributed by atoms with van der Waals surface area (Å²) in [6, 6.07) is 9.58. The first-order chi connectivity index (χ1) is 9.08. The molecule has 0 saturated heterocycles. The Morgan fingerprint density at radius 3 is 2.58 bits per heavy atom. The maximum Gasteiger partial charge on any atom is 0.231 e. The number of hydrogen-bond donors (Lipinski definition) is 3. The molecule has 1 aromatic carbocycles. The molecule has 104 valence electrons. The average Bonchev–Trinajstić information content (AvgIpc) is 2.44. The van der Waals surface area contributed by atoms with Crippen molar-refractivity contribution in [3.05, 3.63) is 35.9 Å². The van der Waals surface area contributed by atoms with E-state index in [9.17, 15) is 4.79 Å². The van der Waals surface area contributed by atoms with Gasteiger partial charge >= 0.3 is 0 Å². The molecule has 19 heavy (non-hydrogen) atoms. The Morgan fingerprint density at radius 1 is 1.42 bits per heavy atom. The van der Waals surface area contributed by atoms with Gasteiger partial charge in [0.05, 0.1) is 0 Å². The first kappa shape index (κ1) is 15.0. The highest BCUT2D eigenvalue weighted by Crippen LogP contribution is 2.10. The first-order valence-corrected chi connectivity index (χ1v) is 6.40. The standard InChI is InChI=1S/C14H21N3O2/c1-3-10(2)16-14(18)12(13(15)17-19)9-11-7-5-4-6-8-11/h4-8,10,12,19H,3,9H2,1-2H3,(H2,15,17)(H,16,18). The number of hydrogen-bond acceptors (Lipinski definition) is 3. The van der Waals surface area contributed by atoms with Crippen LogP contribution >= 0.6 is 0 Å². The summed E-state index contributed by atoms with van der Waals surface area (Å²) in [4.78, 5) is 12.1. The van der Waals surface area contributed by atoms with Gasteiger partial charge in [-0.3, -0.25) is 4.79 Å². The summed E-state index contributed by atoms with van der Waals surface area (Å²) in [7, 11) is 0. The normalized spacial score (nSPS) is 14.7. The number of rotatable bonds is 6. The SMILES string of the molecule is CCC(C)NC(=O)C(Cc1ccccc1)C(N)=NO. The number of nitrogens with zero attached hydrogens (tertiary/aromatic N) is 1. The van der Waals surface area contributed by atoms with Gasteiger partial charge in [0.25, 0.3) is 0 Å². The zero-order chi connectivity index (χ0) is 14.3. The van der Waals surface area contributed by atoms with Crippen LogP contribution in [0.1, 0.15) is 25.8 Å². The largest absolute Gasteiger partial charge is 0.409 e. The molecule has 1 aromatic rings. The maximum absolute atomic E-state index is 12.1. The number of nitrogens with one attached hydrogen (secondary N) is 1. The van der Waals surface area contributed by atoms with E-state index in [1.54, 1.807) is 0 Å². The lowest BCUT2D eigenvalue weighted by Gasteiger charge is -2.18. The minimum atomic E-state index is -0.651. The second-order valence-electron chi connectivity index (χ2n) is 4.59. The molecule has 0 radical (unpaired) electrons.